The van der Waals surface area contributed by atoms with Crippen LogP contribution < -0.4 is 10.7 Å². The van der Waals surface area contributed by atoms with Crippen molar-refractivity contribution in [2.75, 3.05) is 5.32 Å². The highest BCUT2D eigenvalue weighted by Gasteiger charge is 2.24. The number of hydrogen-bond donors (Lipinski definition) is 1. The number of rotatable bonds is 6. The number of carbonyl (C=O) groups excluding carboxylic acids is 1. The number of aryl methyl sites for hydroxylation is 3. The van der Waals surface area contributed by atoms with Crippen molar-refractivity contribution in [3.05, 3.63) is 93.9 Å². The van der Waals surface area contributed by atoms with Gasteiger partial charge in [-0.1, -0.05) is 36.8 Å². The summed E-state index contributed by atoms with van der Waals surface area (Å²) in [6.07, 6.45) is 2.05. The first kappa shape index (κ1) is 23.4. The van der Waals surface area contributed by atoms with Crippen LogP contribution >= 0.6 is 0 Å². The SMILES string of the molecule is CCc1cccc(NC(=O)Cn2cc(S(=O)(=O)c3ccc(C)cc3)c(=O)c3ccc(C)nc32)c1. The minimum atomic E-state index is -4.11. The predicted octanol–water partition coefficient (Wildman–Crippen LogP) is 4.05. The van der Waals surface area contributed by atoms with E-state index in [1.165, 1.54) is 22.9 Å². The summed E-state index contributed by atoms with van der Waals surface area (Å²) in [4.78, 5) is 30.1. The average molecular weight is 476 g/mol. The van der Waals surface area contributed by atoms with Gasteiger partial charge in [-0.2, -0.15) is 0 Å². The third-order valence-corrected chi connectivity index (χ3v) is 7.34. The number of anilines is 1. The first-order valence-corrected chi connectivity index (χ1v) is 12.4. The van der Waals surface area contributed by atoms with Gasteiger partial charge >= 0.3 is 0 Å². The molecule has 34 heavy (non-hydrogen) atoms. The fourth-order valence-corrected chi connectivity index (χ4v) is 5.08. The van der Waals surface area contributed by atoms with E-state index < -0.39 is 20.2 Å². The standard InChI is InChI=1S/C26H25N3O4S/c1-4-19-6-5-7-20(14-19)28-24(30)16-29-15-23(25(31)22-13-10-18(3)27-26(22)29)34(32,33)21-11-8-17(2)9-12-21/h5-15H,4,16H2,1-3H3,(H,28,30). The number of pyridine rings is 2. The second-order valence-corrected chi connectivity index (χ2v) is 10.1. The quantitative estimate of drug-likeness (QED) is 0.454. The Morgan fingerprint density at radius 2 is 1.76 bits per heavy atom. The largest absolute Gasteiger partial charge is 0.325 e. The van der Waals surface area contributed by atoms with Crippen LogP contribution in [0.15, 0.2) is 81.4 Å². The van der Waals surface area contributed by atoms with Crippen molar-refractivity contribution in [2.45, 2.75) is 43.5 Å². The summed E-state index contributed by atoms with van der Waals surface area (Å²) in [5.74, 6) is -0.361. The van der Waals surface area contributed by atoms with E-state index in [4.69, 9.17) is 0 Å². The molecule has 0 saturated heterocycles. The van der Waals surface area contributed by atoms with Crippen LogP contribution in [0.4, 0.5) is 5.69 Å². The van der Waals surface area contributed by atoms with Crippen LogP contribution in [0, 0.1) is 13.8 Å². The van der Waals surface area contributed by atoms with E-state index in [0.29, 0.717) is 11.4 Å². The Hall–Kier alpha value is -3.78. The Morgan fingerprint density at radius 3 is 2.47 bits per heavy atom. The number of carbonyl (C=O) groups is 1. The molecule has 0 saturated carbocycles. The average Bonchev–Trinajstić information content (AvgIpc) is 2.81. The summed E-state index contributed by atoms with van der Waals surface area (Å²) < 4.78 is 28.1. The van der Waals surface area contributed by atoms with Gasteiger partial charge in [-0.25, -0.2) is 13.4 Å². The highest BCUT2D eigenvalue weighted by molar-refractivity contribution is 7.91. The van der Waals surface area contributed by atoms with Crippen LogP contribution in [0.5, 0.6) is 0 Å². The lowest BCUT2D eigenvalue weighted by atomic mass is 10.1. The Balaban J connectivity index is 1.80. The van der Waals surface area contributed by atoms with Crippen molar-refractivity contribution in [1.29, 1.82) is 0 Å². The van der Waals surface area contributed by atoms with Crippen LogP contribution in [0.25, 0.3) is 11.0 Å². The van der Waals surface area contributed by atoms with Gasteiger partial charge in [-0.15, -0.1) is 0 Å². The van der Waals surface area contributed by atoms with Gasteiger partial charge in [0.05, 0.1) is 10.3 Å². The summed E-state index contributed by atoms with van der Waals surface area (Å²) in [7, 11) is -4.11. The maximum Gasteiger partial charge on any atom is 0.244 e. The Morgan fingerprint density at radius 1 is 1.03 bits per heavy atom. The van der Waals surface area contributed by atoms with Crippen LogP contribution in [-0.4, -0.2) is 23.9 Å². The second kappa shape index (κ2) is 9.23. The van der Waals surface area contributed by atoms with Crippen molar-refractivity contribution < 1.29 is 13.2 Å². The van der Waals surface area contributed by atoms with E-state index in [9.17, 15) is 18.0 Å². The van der Waals surface area contributed by atoms with E-state index >= 15 is 0 Å². The van der Waals surface area contributed by atoms with Crippen molar-refractivity contribution >= 4 is 32.5 Å². The molecule has 4 aromatic rings. The van der Waals surface area contributed by atoms with Gasteiger partial charge in [-0.3, -0.25) is 9.59 Å². The molecule has 0 atom stereocenters. The van der Waals surface area contributed by atoms with Crippen LogP contribution in [0.2, 0.25) is 0 Å². The number of sulfone groups is 1. The van der Waals surface area contributed by atoms with Gasteiger partial charge in [0.1, 0.15) is 17.1 Å². The fourth-order valence-electron chi connectivity index (χ4n) is 3.71. The number of fused-ring (bicyclic) bond motifs is 1. The summed E-state index contributed by atoms with van der Waals surface area (Å²) in [5.41, 5.74) is 2.88. The van der Waals surface area contributed by atoms with Gasteiger partial charge in [0.2, 0.25) is 21.2 Å². The minimum absolute atomic E-state index is 0.0157. The molecule has 0 radical (unpaired) electrons. The highest BCUT2D eigenvalue weighted by Crippen LogP contribution is 2.21. The zero-order chi connectivity index (χ0) is 24.5. The second-order valence-electron chi connectivity index (χ2n) is 8.19. The molecule has 0 aliphatic rings. The highest BCUT2D eigenvalue weighted by atomic mass is 32.2. The molecular weight excluding hydrogens is 450 g/mol. The van der Waals surface area contributed by atoms with Crippen molar-refractivity contribution in [3.8, 4) is 0 Å². The monoisotopic (exact) mass is 475 g/mol. The predicted molar refractivity (Wildman–Crippen MR) is 132 cm³/mol. The van der Waals surface area contributed by atoms with E-state index in [2.05, 4.69) is 10.3 Å². The van der Waals surface area contributed by atoms with Gasteiger partial charge < -0.3 is 9.88 Å². The third kappa shape index (κ3) is 4.63. The normalized spacial score (nSPS) is 11.5. The summed E-state index contributed by atoms with van der Waals surface area (Å²) in [5, 5.41) is 2.98. The summed E-state index contributed by atoms with van der Waals surface area (Å²) in [6.45, 7) is 5.43. The molecule has 7 nitrogen and oxygen atoms in total. The molecule has 8 heteroatoms. The minimum Gasteiger partial charge on any atom is -0.325 e. The molecule has 2 heterocycles. The van der Waals surface area contributed by atoms with Gasteiger partial charge in [0.15, 0.2) is 0 Å². The molecule has 0 aliphatic carbocycles. The molecule has 0 aliphatic heterocycles. The van der Waals surface area contributed by atoms with E-state index in [1.807, 2.05) is 32.0 Å². The number of nitrogens with one attached hydrogen (secondary N) is 1. The molecule has 2 aromatic carbocycles. The maximum atomic E-state index is 13.3. The molecule has 2 aromatic heterocycles. The van der Waals surface area contributed by atoms with Gasteiger partial charge in [0, 0.05) is 17.6 Å². The lowest BCUT2D eigenvalue weighted by Gasteiger charge is -2.14. The van der Waals surface area contributed by atoms with Crippen molar-refractivity contribution in [1.82, 2.24) is 9.55 Å². The topological polar surface area (TPSA) is 98.1 Å². The Kier molecular flexibility index (Phi) is 6.34. The zero-order valence-corrected chi connectivity index (χ0v) is 20.0. The van der Waals surface area contributed by atoms with Crippen LogP contribution in [0.3, 0.4) is 0 Å². The molecular formula is C26H25N3O4S. The Labute approximate surface area is 198 Å². The molecule has 1 N–H and O–H groups in total. The van der Waals surface area contributed by atoms with Crippen LogP contribution in [0.1, 0.15) is 23.7 Å². The third-order valence-electron chi connectivity index (χ3n) is 5.58. The summed E-state index contributed by atoms with van der Waals surface area (Å²) >= 11 is 0. The molecule has 174 valence electrons. The molecule has 0 fully saturated rings. The molecule has 0 unspecified atom stereocenters. The zero-order valence-electron chi connectivity index (χ0n) is 19.2. The number of hydrogen-bond acceptors (Lipinski definition) is 5. The van der Waals surface area contributed by atoms with Crippen LogP contribution in [-0.2, 0) is 27.6 Å². The lowest BCUT2D eigenvalue weighted by molar-refractivity contribution is -0.116. The first-order valence-electron chi connectivity index (χ1n) is 10.9. The molecule has 0 spiro atoms. The van der Waals surface area contributed by atoms with E-state index in [0.717, 1.165) is 17.5 Å². The number of amides is 1. The lowest BCUT2D eigenvalue weighted by Crippen LogP contribution is -2.24. The molecule has 1 amide bonds. The number of nitrogens with zero attached hydrogens (tertiary/aromatic N) is 2. The van der Waals surface area contributed by atoms with Crippen molar-refractivity contribution in [2.24, 2.45) is 0 Å². The maximum absolute atomic E-state index is 13.3. The van der Waals surface area contributed by atoms with E-state index in [1.54, 1.807) is 37.3 Å². The summed E-state index contributed by atoms with van der Waals surface area (Å²) in [6, 6.07) is 17.0. The fraction of sp³-hybridized carbons (Fsp3) is 0.192. The van der Waals surface area contributed by atoms with Gasteiger partial charge in [-0.05, 0) is 62.2 Å². The first-order chi connectivity index (χ1) is 16.2. The Bertz CT molecular complexity index is 1560. The smallest absolute Gasteiger partial charge is 0.244 e. The molecule has 4 rings (SSSR count). The number of benzene rings is 2. The van der Waals surface area contributed by atoms with Gasteiger partial charge in [0.25, 0.3) is 0 Å². The van der Waals surface area contributed by atoms with E-state index in [-0.39, 0.29) is 28.4 Å². The van der Waals surface area contributed by atoms with Crippen molar-refractivity contribution in [3.63, 3.8) is 0 Å². The number of aromatic nitrogens is 2. The molecule has 0 bridgehead atoms.